The SMILES string of the molecule is Cc1ccc(NC(=O)C2CCN(C(=O)c3ccccc3)CC2)cc1C. The molecule has 1 N–H and O–H groups in total. The Morgan fingerprint density at radius 1 is 0.960 bits per heavy atom. The summed E-state index contributed by atoms with van der Waals surface area (Å²) in [6, 6.07) is 15.3. The molecular weight excluding hydrogens is 312 g/mol. The zero-order valence-electron chi connectivity index (χ0n) is 14.8. The molecule has 0 radical (unpaired) electrons. The van der Waals surface area contributed by atoms with Crippen LogP contribution in [0.1, 0.15) is 34.3 Å². The normalized spacial score (nSPS) is 15.0. The first-order valence-electron chi connectivity index (χ1n) is 8.77. The molecule has 2 aromatic carbocycles. The smallest absolute Gasteiger partial charge is 0.253 e. The predicted molar refractivity (Wildman–Crippen MR) is 99.6 cm³/mol. The van der Waals surface area contributed by atoms with Crippen molar-refractivity contribution in [1.82, 2.24) is 4.90 Å². The maximum atomic E-state index is 12.5. The summed E-state index contributed by atoms with van der Waals surface area (Å²) in [6.07, 6.45) is 1.41. The molecule has 1 fully saturated rings. The quantitative estimate of drug-likeness (QED) is 0.927. The molecule has 130 valence electrons. The van der Waals surface area contributed by atoms with Crippen LogP contribution in [-0.2, 0) is 4.79 Å². The zero-order valence-corrected chi connectivity index (χ0v) is 14.8. The van der Waals surface area contributed by atoms with E-state index in [-0.39, 0.29) is 17.7 Å². The minimum Gasteiger partial charge on any atom is -0.339 e. The van der Waals surface area contributed by atoms with Gasteiger partial charge in [0, 0.05) is 30.3 Å². The third-order valence-electron chi connectivity index (χ3n) is 4.95. The standard InChI is InChI=1S/C21H24N2O2/c1-15-8-9-19(14-16(15)2)22-20(24)17-10-12-23(13-11-17)21(25)18-6-4-3-5-7-18/h3-9,14,17H,10-13H2,1-2H3,(H,22,24). The fourth-order valence-corrected chi connectivity index (χ4v) is 3.17. The van der Waals surface area contributed by atoms with Gasteiger partial charge in [0.1, 0.15) is 0 Å². The van der Waals surface area contributed by atoms with Crippen LogP contribution in [0.5, 0.6) is 0 Å². The average molecular weight is 336 g/mol. The van der Waals surface area contributed by atoms with Gasteiger partial charge >= 0.3 is 0 Å². The van der Waals surface area contributed by atoms with Crippen molar-refractivity contribution in [1.29, 1.82) is 0 Å². The molecule has 4 nitrogen and oxygen atoms in total. The molecule has 0 spiro atoms. The number of hydrogen-bond donors (Lipinski definition) is 1. The Morgan fingerprint density at radius 3 is 2.28 bits per heavy atom. The van der Waals surface area contributed by atoms with Crippen molar-refractivity contribution in [2.75, 3.05) is 18.4 Å². The van der Waals surface area contributed by atoms with Gasteiger partial charge in [0.2, 0.25) is 5.91 Å². The monoisotopic (exact) mass is 336 g/mol. The molecule has 1 saturated heterocycles. The van der Waals surface area contributed by atoms with Gasteiger partial charge in [-0.15, -0.1) is 0 Å². The van der Waals surface area contributed by atoms with Gasteiger partial charge < -0.3 is 10.2 Å². The van der Waals surface area contributed by atoms with Gasteiger partial charge in [-0.05, 0) is 62.1 Å². The predicted octanol–water partition coefficient (Wildman–Crippen LogP) is 3.79. The summed E-state index contributed by atoms with van der Waals surface area (Å²) < 4.78 is 0. The lowest BCUT2D eigenvalue weighted by molar-refractivity contribution is -0.121. The third kappa shape index (κ3) is 4.08. The van der Waals surface area contributed by atoms with E-state index in [0.29, 0.717) is 31.5 Å². The first-order chi connectivity index (χ1) is 12.0. The van der Waals surface area contributed by atoms with Gasteiger partial charge in [-0.2, -0.15) is 0 Å². The summed E-state index contributed by atoms with van der Waals surface area (Å²) in [5, 5.41) is 3.01. The summed E-state index contributed by atoms with van der Waals surface area (Å²) in [4.78, 5) is 26.8. The summed E-state index contributed by atoms with van der Waals surface area (Å²) in [5.74, 6) is 0.0603. The number of nitrogens with zero attached hydrogens (tertiary/aromatic N) is 1. The second kappa shape index (κ2) is 7.51. The van der Waals surface area contributed by atoms with Crippen LogP contribution in [0.25, 0.3) is 0 Å². The van der Waals surface area contributed by atoms with Crippen molar-refractivity contribution in [3.05, 3.63) is 65.2 Å². The molecule has 1 aliphatic heterocycles. The highest BCUT2D eigenvalue weighted by molar-refractivity contribution is 5.95. The Labute approximate surface area is 148 Å². The largest absolute Gasteiger partial charge is 0.339 e. The molecular formula is C21H24N2O2. The summed E-state index contributed by atoms with van der Waals surface area (Å²) in [5.41, 5.74) is 3.93. The number of hydrogen-bond acceptors (Lipinski definition) is 2. The fraction of sp³-hybridized carbons (Fsp3) is 0.333. The molecule has 3 rings (SSSR count). The second-order valence-electron chi connectivity index (χ2n) is 6.72. The molecule has 2 amide bonds. The van der Waals surface area contributed by atoms with Crippen LogP contribution in [0.2, 0.25) is 0 Å². The second-order valence-corrected chi connectivity index (χ2v) is 6.72. The molecule has 0 saturated carbocycles. The van der Waals surface area contributed by atoms with Crippen LogP contribution in [0, 0.1) is 19.8 Å². The van der Waals surface area contributed by atoms with E-state index >= 15 is 0 Å². The van der Waals surface area contributed by atoms with Crippen LogP contribution in [0.4, 0.5) is 5.69 Å². The number of nitrogens with one attached hydrogen (secondary N) is 1. The van der Waals surface area contributed by atoms with E-state index in [2.05, 4.69) is 12.2 Å². The van der Waals surface area contributed by atoms with Crippen LogP contribution >= 0.6 is 0 Å². The van der Waals surface area contributed by atoms with Gasteiger partial charge in [0.25, 0.3) is 5.91 Å². The molecule has 2 aromatic rings. The number of amides is 2. The fourth-order valence-electron chi connectivity index (χ4n) is 3.17. The van der Waals surface area contributed by atoms with Crippen LogP contribution in [-0.4, -0.2) is 29.8 Å². The highest BCUT2D eigenvalue weighted by Gasteiger charge is 2.27. The van der Waals surface area contributed by atoms with Crippen molar-refractivity contribution in [3.63, 3.8) is 0 Å². The highest BCUT2D eigenvalue weighted by Crippen LogP contribution is 2.22. The Balaban J connectivity index is 1.55. The molecule has 25 heavy (non-hydrogen) atoms. The molecule has 0 unspecified atom stereocenters. The highest BCUT2D eigenvalue weighted by atomic mass is 16.2. The van der Waals surface area contributed by atoms with E-state index in [1.54, 1.807) is 0 Å². The third-order valence-corrected chi connectivity index (χ3v) is 4.95. The van der Waals surface area contributed by atoms with E-state index in [0.717, 1.165) is 5.69 Å². The van der Waals surface area contributed by atoms with Crippen molar-refractivity contribution in [3.8, 4) is 0 Å². The average Bonchev–Trinajstić information content (AvgIpc) is 2.65. The molecule has 0 atom stereocenters. The number of anilines is 1. The van der Waals surface area contributed by atoms with Crippen LogP contribution in [0.15, 0.2) is 48.5 Å². The summed E-state index contributed by atoms with van der Waals surface area (Å²) in [7, 11) is 0. The van der Waals surface area contributed by atoms with E-state index in [1.165, 1.54) is 11.1 Å². The maximum Gasteiger partial charge on any atom is 0.253 e. The van der Waals surface area contributed by atoms with Crippen molar-refractivity contribution < 1.29 is 9.59 Å². The topological polar surface area (TPSA) is 49.4 Å². The van der Waals surface area contributed by atoms with Crippen molar-refractivity contribution >= 4 is 17.5 Å². The molecule has 0 aliphatic carbocycles. The van der Waals surface area contributed by atoms with Gasteiger partial charge in [-0.25, -0.2) is 0 Å². The Kier molecular flexibility index (Phi) is 5.17. The molecule has 1 heterocycles. The van der Waals surface area contributed by atoms with E-state index in [4.69, 9.17) is 0 Å². The van der Waals surface area contributed by atoms with E-state index < -0.39 is 0 Å². The first kappa shape index (κ1) is 17.2. The molecule has 1 aliphatic rings. The van der Waals surface area contributed by atoms with Crippen molar-refractivity contribution in [2.24, 2.45) is 5.92 Å². The lowest BCUT2D eigenvalue weighted by Crippen LogP contribution is -2.41. The van der Waals surface area contributed by atoms with Crippen LogP contribution < -0.4 is 5.32 Å². The van der Waals surface area contributed by atoms with Crippen LogP contribution in [0.3, 0.4) is 0 Å². The van der Waals surface area contributed by atoms with Gasteiger partial charge in [0.15, 0.2) is 0 Å². The summed E-state index contributed by atoms with van der Waals surface area (Å²) in [6.45, 7) is 5.34. The number of likely N-dealkylation sites (tertiary alicyclic amines) is 1. The van der Waals surface area contributed by atoms with Gasteiger partial charge in [-0.3, -0.25) is 9.59 Å². The number of carbonyl (C=O) groups excluding carboxylic acids is 2. The molecule has 4 heteroatoms. The molecule has 0 bridgehead atoms. The lowest BCUT2D eigenvalue weighted by Gasteiger charge is -2.31. The number of carbonyl (C=O) groups is 2. The number of benzene rings is 2. The number of rotatable bonds is 3. The van der Waals surface area contributed by atoms with Gasteiger partial charge in [0.05, 0.1) is 0 Å². The van der Waals surface area contributed by atoms with E-state index in [1.807, 2.05) is 60.4 Å². The minimum atomic E-state index is -0.0403. The maximum absolute atomic E-state index is 12.5. The van der Waals surface area contributed by atoms with Gasteiger partial charge in [-0.1, -0.05) is 24.3 Å². The Morgan fingerprint density at radius 2 is 1.64 bits per heavy atom. The van der Waals surface area contributed by atoms with Crippen molar-refractivity contribution in [2.45, 2.75) is 26.7 Å². The number of piperidine rings is 1. The minimum absolute atomic E-state index is 0.0403. The summed E-state index contributed by atoms with van der Waals surface area (Å²) >= 11 is 0. The first-order valence-corrected chi connectivity index (χ1v) is 8.77. The lowest BCUT2D eigenvalue weighted by atomic mass is 9.95. The Bertz CT molecular complexity index is 763. The Hall–Kier alpha value is -2.62. The zero-order chi connectivity index (χ0) is 17.8. The molecule has 0 aromatic heterocycles. The number of aryl methyl sites for hydroxylation is 2. The van der Waals surface area contributed by atoms with E-state index in [9.17, 15) is 9.59 Å².